The lowest BCUT2D eigenvalue weighted by atomic mass is 10.2. The largest absolute Gasteiger partial charge is 0.490 e. The summed E-state index contributed by atoms with van der Waals surface area (Å²) in [5.41, 5.74) is 0.213. The van der Waals surface area contributed by atoms with Crippen LogP contribution in [0, 0.1) is 16.0 Å². The minimum atomic E-state index is -0.552. The maximum atomic E-state index is 11.4. The van der Waals surface area contributed by atoms with Crippen molar-refractivity contribution < 1.29 is 14.5 Å². The second-order valence-corrected chi connectivity index (χ2v) is 3.79. The number of methoxy groups -OCH3 is 1. The third-order valence-electron chi connectivity index (χ3n) is 2.17. The number of hydrogen-bond acceptors (Lipinski definition) is 4. The van der Waals surface area contributed by atoms with E-state index in [1.807, 2.05) is 0 Å². The highest BCUT2D eigenvalue weighted by Gasteiger charge is 2.16. The van der Waals surface area contributed by atoms with Crippen LogP contribution in [0.4, 0.5) is 11.4 Å². The molecule has 0 spiro atoms. The van der Waals surface area contributed by atoms with E-state index in [1.54, 1.807) is 19.9 Å². The van der Waals surface area contributed by atoms with Crippen LogP contribution in [0.3, 0.4) is 0 Å². The van der Waals surface area contributed by atoms with Gasteiger partial charge in [-0.2, -0.15) is 0 Å². The Morgan fingerprint density at radius 3 is 2.59 bits per heavy atom. The van der Waals surface area contributed by atoms with Crippen molar-refractivity contribution in [2.45, 2.75) is 13.8 Å². The van der Waals surface area contributed by atoms with Gasteiger partial charge in [0.1, 0.15) is 0 Å². The van der Waals surface area contributed by atoms with Gasteiger partial charge in [-0.3, -0.25) is 14.9 Å². The van der Waals surface area contributed by atoms with Crippen LogP contribution in [0.25, 0.3) is 0 Å². The molecule has 1 amide bonds. The minimum absolute atomic E-state index is 0.164. The Kier molecular flexibility index (Phi) is 4.03. The maximum absolute atomic E-state index is 11.4. The fourth-order valence-electron chi connectivity index (χ4n) is 1.20. The average Bonchev–Trinajstić information content (AvgIpc) is 2.28. The van der Waals surface area contributed by atoms with E-state index in [2.05, 4.69) is 5.32 Å². The van der Waals surface area contributed by atoms with Gasteiger partial charge in [-0.15, -0.1) is 0 Å². The molecule has 1 aromatic rings. The van der Waals surface area contributed by atoms with Crippen molar-refractivity contribution in [2.75, 3.05) is 12.4 Å². The number of hydrogen-bond donors (Lipinski definition) is 1. The Labute approximate surface area is 98.7 Å². The summed E-state index contributed by atoms with van der Waals surface area (Å²) in [5, 5.41) is 13.4. The third-order valence-corrected chi connectivity index (χ3v) is 2.17. The van der Waals surface area contributed by atoms with Crippen LogP contribution in [0.15, 0.2) is 18.2 Å². The molecule has 6 nitrogen and oxygen atoms in total. The highest BCUT2D eigenvalue weighted by atomic mass is 16.6. The van der Waals surface area contributed by atoms with E-state index in [0.29, 0.717) is 5.69 Å². The summed E-state index contributed by atoms with van der Waals surface area (Å²) >= 11 is 0. The number of rotatable bonds is 4. The van der Waals surface area contributed by atoms with Gasteiger partial charge in [0.2, 0.25) is 5.91 Å². The molecule has 1 aromatic carbocycles. The first-order valence-electron chi connectivity index (χ1n) is 5.09. The Morgan fingerprint density at radius 2 is 2.12 bits per heavy atom. The van der Waals surface area contributed by atoms with Gasteiger partial charge >= 0.3 is 5.69 Å². The van der Waals surface area contributed by atoms with Crippen molar-refractivity contribution in [1.82, 2.24) is 0 Å². The molecule has 0 fully saturated rings. The predicted molar refractivity (Wildman–Crippen MR) is 63.1 cm³/mol. The first kappa shape index (κ1) is 13.0. The zero-order valence-electron chi connectivity index (χ0n) is 9.89. The van der Waals surface area contributed by atoms with Crippen molar-refractivity contribution in [3.8, 4) is 5.75 Å². The summed E-state index contributed by atoms with van der Waals surface area (Å²) in [6.45, 7) is 3.49. The van der Waals surface area contributed by atoms with Gasteiger partial charge < -0.3 is 10.1 Å². The van der Waals surface area contributed by atoms with Gasteiger partial charge in [0.05, 0.1) is 12.0 Å². The number of benzene rings is 1. The number of nitrogens with zero attached hydrogens (tertiary/aromatic N) is 1. The van der Waals surface area contributed by atoms with E-state index in [4.69, 9.17) is 4.74 Å². The SMILES string of the molecule is COc1ccc(NC(=O)C(C)C)cc1[N+](=O)[O-]. The summed E-state index contributed by atoms with van der Waals surface area (Å²) in [6, 6.07) is 4.29. The molecule has 0 saturated carbocycles. The number of carbonyl (C=O) groups is 1. The molecule has 0 aromatic heterocycles. The van der Waals surface area contributed by atoms with Crippen LogP contribution >= 0.6 is 0 Å². The summed E-state index contributed by atoms with van der Waals surface area (Å²) in [5.74, 6) is -0.210. The molecule has 0 aliphatic carbocycles. The van der Waals surface area contributed by atoms with Crippen LogP contribution in [-0.4, -0.2) is 17.9 Å². The van der Waals surface area contributed by atoms with Crippen molar-refractivity contribution >= 4 is 17.3 Å². The van der Waals surface area contributed by atoms with Gasteiger partial charge in [0, 0.05) is 17.7 Å². The monoisotopic (exact) mass is 238 g/mol. The van der Waals surface area contributed by atoms with Gasteiger partial charge in [0.15, 0.2) is 5.75 Å². The van der Waals surface area contributed by atoms with E-state index < -0.39 is 4.92 Å². The van der Waals surface area contributed by atoms with Crippen molar-refractivity contribution in [3.05, 3.63) is 28.3 Å². The number of nitro groups is 1. The lowest BCUT2D eigenvalue weighted by Crippen LogP contribution is -2.17. The quantitative estimate of drug-likeness (QED) is 0.644. The van der Waals surface area contributed by atoms with Crippen LogP contribution in [0.2, 0.25) is 0 Å². The van der Waals surface area contributed by atoms with E-state index in [0.717, 1.165) is 0 Å². The fraction of sp³-hybridized carbons (Fsp3) is 0.364. The minimum Gasteiger partial charge on any atom is -0.490 e. The van der Waals surface area contributed by atoms with Gasteiger partial charge in [-0.25, -0.2) is 0 Å². The fourth-order valence-corrected chi connectivity index (χ4v) is 1.20. The second kappa shape index (κ2) is 5.29. The van der Waals surface area contributed by atoms with Crippen LogP contribution in [0.1, 0.15) is 13.8 Å². The summed E-state index contributed by atoms with van der Waals surface area (Å²) in [7, 11) is 1.36. The number of nitrogens with one attached hydrogen (secondary N) is 1. The van der Waals surface area contributed by atoms with Crippen LogP contribution < -0.4 is 10.1 Å². The first-order valence-corrected chi connectivity index (χ1v) is 5.09. The molecule has 92 valence electrons. The van der Waals surface area contributed by atoms with E-state index in [9.17, 15) is 14.9 Å². The van der Waals surface area contributed by atoms with Crippen molar-refractivity contribution in [3.63, 3.8) is 0 Å². The average molecular weight is 238 g/mol. The Morgan fingerprint density at radius 1 is 1.47 bits per heavy atom. The normalized spacial score (nSPS) is 10.1. The molecule has 0 bridgehead atoms. The summed E-state index contributed by atoms with van der Waals surface area (Å²) < 4.78 is 4.86. The number of carbonyl (C=O) groups excluding carboxylic acids is 1. The number of ether oxygens (including phenoxy) is 1. The molecular weight excluding hydrogens is 224 g/mol. The molecule has 6 heteroatoms. The smallest absolute Gasteiger partial charge is 0.312 e. The maximum Gasteiger partial charge on any atom is 0.312 e. The number of nitro benzene ring substituents is 1. The molecule has 0 aliphatic rings. The molecule has 0 heterocycles. The lowest BCUT2D eigenvalue weighted by Gasteiger charge is -2.08. The van der Waals surface area contributed by atoms with Gasteiger partial charge in [0.25, 0.3) is 0 Å². The van der Waals surface area contributed by atoms with Gasteiger partial charge in [-0.1, -0.05) is 13.8 Å². The van der Waals surface area contributed by atoms with E-state index in [1.165, 1.54) is 19.2 Å². The van der Waals surface area contributed by atoms with Crippen molar-refractivity contribution in [2.24, 2.45) is 5.92 Å². The topological polar surface area (TPSA) is 81.5 Å². The standard InChI is InChI=1S/C11H14N2O4/c1-7(2)11(14)12-8-4-5-10(17-3)9(6-8)13(15)16/h4-7H,1-3H3,(H,12,14). The Bertz CT molecular complexity index is 443. The predicted octanol–water partition coefficient (Wildman–Crippen LogP) is 2.20. The number of anilines is 1. The highest BCUT2D eigenvalue weighted by molar-refractivity contribution is 5.92. The molecule has 1 rings (SSSR count). The van der Waals surface area contributed by atoms with Crippen molar-refractivity contribution in [1.29, 1.82) is 0 Å². The molecule has 0 atom stereocenters. The van der Waals surface area contributed by atoms with Gasteiger partial charge in [-0.05, 0) is 12.1 Å². The summed E-state index contributed by atoms with van der Waals surface area (Å²) in [4.78, 5) is 21.6. The zero-order chi connectivity index (χ0) is 13.0. The number of amides is 1. The molecule has 1 N–H and O–H groups in total. The molecule has 0 saturated heterocycles. The van der Waals surface area contributed by atoms with Crippen LogP contribution in [-0.2, 0) is 4.79 Å². The van der Waals surface area contributed by atoms with Crippen LogP contribution in [0.5, 0.6) is 5.75 Å². The zero-order valence-corrected chi connectivity index (χ0v) is 9.89. The second-order valence-electron chi connectivity index (χ2n) is 3.79. The molecule has 17 heavy (non-hydrogen) atoms. The Balaban J connectivity index is 3.00. The molecule has 0 radical (unpaired) electrons. The summed E-state index contributed by atoms with van der Waals surface area (Å²) in [6.07, 6.45) is 0. The molecule has 0 unspecified atom stereocenters. The third kappa shape index (κ3) is 3.17. The lowest BCUT2D eigenvalue weighted by molar-refractivity contribution is -0.385. The highest BCUT2D eigenvalue weighted by Crippen LogP contribution is 2.29. The van der Waals surface area contributed by atoms with E-state index in [-0.39, 0.29) is 23.3 Å². The first-order chi connectivity index (χ1) is 7.95. The molecular formula is C11H14N2O4. The molecule has 0 aliphatic heterocycles. The van der Waals surface area contributed by atoms with E-state index >= 15 is 0 Å². The Hall–Kier alpha value is -2.11.